The highest BCUT2D eigenvalue weighted by Gasteiger charge is 2.42. The number of rotatable bonds is 3. The second-order valence-corrected chi connectivity index (χ2v) is 8.29. The Bertz CT molecular complexity index is 645. The van der Waals surface area contributed by atoms with Crippen molar-refractivity contribution in [2.24, 2.45) is 5.92 Å². The molecule has 0 aliphatic carbocycles. The lowest BCUT2D eigenvalue weighted by Crippen LogP contribution is -2.43. The number of fused-ring (bicyclic) bond motifs is 1. The Morgan fingerprint density at radius 1 is 1.18 bits per heavy atom. The summed E-state index contributed by atoms with van der Waals surface area (Å²) in [5.74, 6) is 0.400. The smallest absolute Gasteiger partial charge is 0.223 e. The van der Waals surface area contributed by atoms with Gasteiger partial charge in [0.25, 0.3) is 0 Å². The highest BCUT2D eigenvalue weighted by atomic mass is 32.2. The van der Waals surface area contributed by atoms with Gasteiger partial charge in [-0.1, -0.05) is 30.3 Å². The summed E-state index contributed by atoms with van der Waals surface area (Å²) in [6, 6.07) is 9.91. The molecule has 0 saturated carbocycles. The number of benzene rings is 1. The van der Waals surface area contributed by atoms with Crippen LogP contribution in [0.2, 0.25) is 0 Å². The van der Waals surface area contributed by atoms with Crippen LogP contribution in [0.25, 0.3) is 0 Å². The molecule has 1 aromatic rings. The summed E-state index contributed by atoms with van der Waals surface area (Å²) >= 11 is 0. The molecule has 0 aromatic heterocycles. The molecule has 0 unspecified atom stereocenters. The lowest BCUT2D eigenvalue weighted by molar-refractivity contribution is -0.133. The number of hydrogen-bond donors (Lipinski definition) is 0. The molecule has 2 aliphatic rings. The molecule has 22 heavy (non-hydrogen) atoms. The van der Waals surface area contributed by atoms with Crippen molar-refractivity contribution in [3.05, 3.63) is 35.9 Å². The molecule has 120 valence electrons. The third-order valence-electron chi connectivity index (χ3n) is 4.72. The zero-order valence-corrected chi connectivity index (χ0v) is 13.6. The van der Waals surface area contributed by atoms with E-state index in [9.17, 15) is 13.2 Å². The van der Waals surface area contributed by atoms with Gasteiger partial charge in [-0.3, -0.25) is 4.79 Å². The quantitative estimate of drug-likeness (QED) is 0.846. The standard InChI is InChI=1S/C16H22N2O3S/c1-22(20,21)17-11-14-8-5-9-16(19)18(15(14)12-17)10-13-6-3-2-4-7-13/h2-4,6-7,14-15H,5,8-12H2,1H3/t14-,15+/m1/s1. The minimum atomic E-state index is -3.19. The Hall–Kier alpha value is -1.40. The van der Waals surface area contributed by atoms with E-state index in [0.29, 0.717) is 26.1 Å². The van der Waals surface area contributed by atoms with Gasteiger partial charge in [-0.05, 0) is 24.3 Å². The highest BCUT2D eigenvalue weighted by molar-refractivity contribution is 7.88. The van der Waals surface area contributed by atoms with Gasteiger partial charge in [-0.25, -0.2) is 8.42 Å². The van der Waals surface area contributed by atoms with Gasteiger partial charge in [0.2, 0.25) is 15.9 Å². The second kappa shape index (κ2) is 6.01. The zero-order valence-electron chi connectivity index (χ0n) is 12.8. The van der Waals surface area contributed by atoms with E-state index in [-0.39, 0.29) is 17.9 Å². The third kappa shape index (κ3) is 3.17. The van der Waals surface area contributed by atoms with Crippen LogP contribution in [-0.4, -0.2) is 48.9 Å². The van der Waals surface area contributed by atoms with Crippen LogP contribution in [0, 0.1) is 5.92 Å². The highest BCUT2D eigenvalue weighted by Crippen LogP contribution is 2.32. The molecule has 6 heteroatoms. The third-order valence-corrected chi connectivity index (χ3v) is 5.96. The van der Waals surface area contributed by atoms with Gasteiger partial charge >= 0.3 is 0 Å². The Kier molecular flexibility index (Phi) is 4.23. The summed E-state index contributed by atoms with van der Waals surface area (Å²) in [7, 11) is -3.19. The predicted molar refractivity (Wildman–Crippen MR) is 84.5 cm³/mol. The van der Waals surface area contributed by atoms with E-state index in [1.54, 1.807) is 0 Å². The number of likely N-dealkylation sites (tertiary alicyclic amines) is 1. The summed E-state index contributed by atoms with van der Waals surface area (Å²) in [4.78, 5) is 14.4. The Balaban J connectivity index is 1.84. The SMILES string of the molecule is CS(=O)(=O)N1C[C@H]2CCCC(=O)N(Cc3ccccc3)[C@H]2C1. The van der Waals surface area contributed by atoms with Gasteiger partial charge < -0.3 is 4.90 Å². The van der Waals surface area contributed by atoms with Crippen LogP contribution in [0.3, 0.4) is 0 Å². The zero-order chi connectivity index (χ0) is 15.7. The van der Waals surface area contributed by atoms with E-state index in [2.05, 4.69) is 0 Å². The number of sulfonamides is 1. The van der Waals surface area contributed by atoms with Crippen molar-refractivity contribution < 1.29 is 13.2 Å². The Morgan fingerprint density at radius 3 is 2.59 bits per heavy atom. The van der Waals surface area contributed by atoms with Crippen LogP contribution >= 0.6 is 0 Å². The lowest BCUT2D eigenvalue weighted by Gasteiger charge is -2.30. The molecule has 2 atom stereocenters. The summed E-state index contributed by atoms with van der Waals surface area (Å²) < 4.78 is 25.2. The molecule has 2 fully saturated rings. The van der Waals surface area contributed by atoms with Crippen LogP contribution in [0.1, 0.15) is 24.8 Å². The first-order chi connectivity index (χ1) is 10.4. The summed E-state index contributed by atoms with van der Waals surface area (Å²) in [5.41, 5.74) is 1.09. The second-order valence-electron chi connectivity index (χ2n) is 6.31. The van der Waals surface area contributed by atoms with Crippen LogP contribution in [0.4, 0.5) is 0 Å². The number of carbonyl (C=O) groups is 1. The molecule has 0 radical (unpaired) electrons. The first-order valence-electron chi connectivity index (χ1n) is 7.73. The monoisotopic (exact) mass is 322 g/mol. The largest absolute Gasteiger partial charge is 0.334 e. The van der Waals surface area contributed by atoms with Crippen LogP contribution in [-0.2, 0) is 21.4 Å². The molecule has 5 nitrogen and oxygen atoms in total. The summed E-state index contributed by atoms with van der Waals surface area (Å²) in [6.07, 6.45) is 3.59. The molecule has 0 bridgehead atoms. The minimum Gasteiger partial charge on any atom is -0.334 e. The summed E-state index contributed by atoms with van der Waals surface area (Å²) in [6.45, 7) is 1.54. The molecule has 0 spiro atoms. The Labute approximate surface area is 132 Å². The maximum absolute atomic E-state index is 12.5. The first-order valence-corrected chi connectivity index (χ1v) is 9.58. The van der Waals surface area contributed by atoms with Gasteiger partial charge in [0, 0.05) is 32.1 Å². The van der Waals surface area contributed by atoms with Gasteiger partial charge in [0.05, 0.1) is 6.26 Å². The number of nitrogens with zero attached hydrogens (tertiary/aromatic N) is 2. The predicted octanol–water partition coefficient (Wildman–Crippen LogP) is 1.46. The molecule has 1 aromatic carbocycles. The normalized spacial score (nSPS) is 26.8. The van der Waals surface area contributed by atoms with Crippen molar-refractivity contribution >= 4 is 15.9 Å². The minimum absolute atomic E-state index is 0.00457. The van der Waals surface area contributed by atoms with Gasteiger partial charge in [0.15, 0.2) is 0 Å². The van der Waals surface area contributed by atoms with Gasteiger partial charge in [-0.15, -0.1) is 0 Å². The number of carbonyl (C=O) groups excluding carboxylic acids is 1. The van der Waals surface area contributed by atoms with Gasteiger partial charge in [-0.2, -0.15) is 4.31 Å². The maximum atomic E-state index is 12.5. The van der Waals surface area contributed by atoms with E-state index in [0.717, 1.165) is 18.4 Å². The average Bonchev–Trinajstić information content (AvgIpc) is 2.84. The van der Waals surface area contributed by atoms with Crippen LogP contribution in [0.5, 0.6) is 0 Å². The molecule has 3 rings (SSSR count). The average molecular weight is 322 g/mol. The number of amides is 1. The van der Waals surface area contributed by atoms with Crippen molar-refractivity contribution in [3.8, 4) is 0 Å². The van der Waals surface area contributed by atoms with Crippen molar-refractivity contribution in [3.63, 3.8) is 0 Å². The lowest BCUT2D eigenvalue weighted by atomic mass is 9.98. The maximum Gasteiger partial charge on any atom is 0.223 e. The van der Waals surface area contributed by atoms with Crippen LogP contribution < -0.4 is 0 Å². The van der Waals surface area contributed by atoms with E-state index >= 15 is 0 Å². The van der Waals surface area contributed by atoms with E-state index in [1.165, 1.54) is 10.6 Å². The number of hydrogen-bond acceptors (Lipinski definition) is 3. The molecule has 1 amide bonds. The van der Waals surface area contributed by atoms with Crippen molar-refractivity contribution in [2.45, 2.75) is 31.8 Å². The van der Waals surface area contributed by atoms with Crippen molar-refractivity contribution in [2.75, 3.05) is 19.3 Å². The molecule has 2 saturated heterocycles. The van der Waals surface area contributed by atoms with E-state index in [4.69, 9.17) is 0 Å². The topological polar surface area (TPSA) is 57.7 Å². The molecule has 2 heterocycles. The van der Waals surface area contributed by atoms with Gasteiger partial charge in [0.1, 0.15) is 0 Å². The van der Waals surface area contributed by atoms with E-state index in [1.807, 2.05) is 35.2 Å². The van der Waals surface area contributed by atoms with Crippen molar-refractivity contribution in [1.29, 1.82) is 0 Å². The summed E-state index contributed by atoms with van der Waals surface area (Å²) in [5, 5.41) is 0. The first kappa shape index (κ1) is 15.5. The van der Waals surface area contributed by atoms with Crippen LogP contribution in [0.15, 0.2) is 30.3 Å². The Morgan fingerprint density at radius 2 is 1.91 bits per heavy atom. The molecular weight excluding hydrogens is 300 g/mol. The molecule has 0 N–H and O–H groups in total. The van der Waals surface area contributed by atoms with Crippen molar-refractivity contribution in [1.82, 2.24) is 9.21 Å². The fourth-order valence-corrected chi connectivity index (χ4v) is 4.44. The van der Waals surface area contributed by atoms with E-state index < -0.39 is 10.0 Å². The molecular formula is C16H22N2O3S. The fourth-order valence-electron chi connectivity index (χ4n) is 3.55. The fraction of sp³-hybridized carbons (Fsp3) is 0.562. The molecule has 2 aliphatic heterocycles.